The molecule has 6 nitrogen and oxygen atoms in total. The van der Waals surface area contributed by atoms with Crippen molar-refractivity contribution in [1.82, 2.24) is 19.6 Å². The van der Waals surface area contributed by atoms with Crippen molar-refractivity contribution in [2.75, 3.05) is 0 Å². The Hall–Kier alpha value is -3.90. The second-order valence-corrected chi connectivity index (χ2v) is 8.19. The van der Waals surface area contributed by atoms with Gasteiger partial charge in [0.2, 0.25) is 12.0 Å². The maximum atomic E-state index is 14.3. The van der Waals surface area contributed by atoms with Crippen LogP contribution in [0.1, 0.15) is 18.4 Å². The third-order valence-electron chi connectivity index (χ3n) is 5.94. The highest BCUT2D eigenvalue weighted by molar-refractivity contribution is 5.61. The minimum absolute atomic E-state index is 0.0340. The van der Waals surface area contributed by atoms with Crippen molar-refractivity contribution in [3.63, 3.8) is 0 Å². The van der Waals surface area contributed by atoms with Crippen LogP contribution in [0.25, 0.3) is 17.0 Å². The molecule has 0 bridgehead atoms. The van der Waals surface area contributed by atoms with Gasteiger partial charge in [-0.1, -0.05) is 6.07 Å². The Morgan fingerprint density at radius 1 is 0.889 bits per heavy atom. The van der Waals surface area contributed by atoms with E-state index < -0.39 is 35.9 Å². The first-order chi connectivity index (χ1) is 17.1. The Labute approximate surface area is 198 Å². The van der Waals surface area contributed by atoms with Gasteiger partial charge in [-0.3, -0.25) is 4.98 Å². The van der Waals surface area contributed by atoms with E-state index in [1.165, 1.54) is 34.9 Å². The molecule has 1 saturated carbocycles. The van der Waals surface area contributed by atoms with Gasteiger partial charge in [-0.15, -0.1) is 10.2 Å². The van der Waals surface area contributed by atoms with Gasteiger partial charge in [-0.05, 0) is 54.8 Å². The molecule has 1 unspecified atom stereocenters. The minimum Gasteiger partial charge on any atom is -0.463 e. The van der Waals surface area contributed by atoms with Crippen LogP contribution in [0.15, 0.2) is 54.9 Å². The van der Waals surface area contributed by atoms with E-state index in [9.17, 15) is 30.7 Å². The summed E-state index contributed by atoms with van der Waals surface area (Å²) in [5.74, 6) is -2.85. The second-order valence-electron chi connectivity index (χ2n) is 8.19. The molecule has 0 spiro atoms. The Morgan fingerprint density at radius 2 is 1.61 bits per heavy atom. The molecule has 1 aliphatic rings. The summed E-state index contributed by atoms with van der Waals surface area (Å²) in [4.78, 5) is 3.87. The van der Waals surface area contributed by atoms with Crippen LogP contribution in [0.4, 0.5) is 30.7 Å². The van der Waals surface area contributed by atoms with Crippen LogP contribution in [0.5, 0.6) is 11.6 Å². The highest BCUT2D eigenvalue weighted by atomic mass is 19.4. The average Bonchev–Trinajstić information content (AvgIpc) is 3.50. The van der Waals surface area contributed by atoms with E-state index in [2.05, 4.69) is 19.9 Å². The number of halogens is 7. The first-order valence-electron chi connectivity index (χ1n) is 10.5. The van der Waals surface area contributed by atoms with E-state index in [0.29, 0.717) is 5.56 Å². The number of alkyl halides is 5. The molecule has 0 saturated heterocycles. The lowest BCUT2D eigenvalue weighted by Crippen LogP contribution is -2.45. The van der Waals surface area contributed by atoms with E-state index in [4.69, 9.17) is 4.74 Å². The summed E-state index contributed by atoms with van der Waals surface area (Å²) in [7, 11) is 0. The minimum atomic E-state index is -4.88. The van der Waals surface area contributed by atoms with Crippen molar-refractivity contribution in [2.45, 2.75) is 37.1 Å². The summed E-state index contributed by atoms with van der Waals surface area (Å²) in [6.45, 7) is -3.03. The zero-order chi connectivity index (χ0) is 25.7. The molecule has 0 amide bonds. The average molecular weight is 512 g/mol. The third-order valence-corrected chi connectivity index (χ3v) is 5.94. The largest absolute Gasteiger partial charge is 0.463 e. The molecule has 0 radical (unpaired) electrons. The van der Waals surface area contributed by atoms with Gasteiger partial charge in [-0.2, -0.15) is 22.0 Å². The third kappa shape index (κ3) is 4.29. The van der Waals surface area contributed by atoms with Crippen LogP contribution in [0, 0.1) is 11.6 Å². The van der Waals surface area contributed by atoms with E-state index in [1.807, 2.05) is 0 Å². The molecule has 36 heavy (non-hydrogen) atoms. The van der Waals surface area contributed by atoms with Crippen LogP contribution < -0.4 is 9.47 Å². The van der Waals surface area contributed by atoms with Crippen LogP contribution in [-0.2, 0) is 5.41 Å². The van der Waals surface area contributed by atoms with Crippen LogP contribution in [0.3, 0.4) is 0 Å². The van der Waals surface area contributed by atoms with Gasteiger partial charge in [0.05, 0.1) is 12.4 Å². The summed E-state index contributed by atoms with van der Waals surface area (Å²) in [5, 5.41) is 7.88. The number of ether oxygens (including phenoxy) is 2. The van der Waals surface area contributed by atoms with E-state index >= 15 is 0 Å². The normalized spacial score (nSPS) is 15.8. The summed E-state index contributed by atoms with van der Waals surface area (Å²) >= 11 is 0. The fraction of sp³-hybridized carbons (Fsp3) is 0.261. The van der Waals surface area contributed by atoms with Crippen molar-refractivity contribution in [2.24, 2.45) is 0 Å². The zero-order valence-corrected chi connectivity index (χ0v) is 18.0. The van der Waals surface area contributed by atoms with Gasteiger partial charge in [0.1, 0.15) is 5.75 Å². The summed E-state index contributed by atoms with van der Waals surface area (Å²) in [6, 6.07) is 7.87. The van der Waals surface area contributed by atoms with Crippen molar-refractivity contribution >= 4 is 5.65 Å². The summed E-state index contributed by atoms with van der Waals surface area (Å²) in [5.41, 5.74) is -1.28. The van der Waals surface area contributed by atoms with E-state index in [1.54, 1.807) is 0 Å². The van der Waals surface area contributed by atoms with Gasteiger partial charge < -0.3 is 9.47 Å². The highest BCUT2D eigenvalue weighted by Gasteiger charge is 2.63. The number of nitrogens with zero attached hydrogens (tertiary/aromatic N) is 4. The summed E-state index contributed by atoms with van der Waals surface area (Å²) < 4.78 is 106. The molecule has 4 aromatic rings. The Balaban J connectivity index is 1.55. The molecular formula is C23H15F7N4O2. The molecular weight excluding hydrogens is 497 g/mol. The lowest BCUT2D eigenvalue weighted by atomic mass is 9.89. The molecule has 188 valence electrons. The number of fused-ring (bicyclic) bond motifs is 1. The predicted molar refractivity (Wildman–Crippen MR) is 111 cm³/mol. The van der Waals surface area contributed by atoms with Crippen LogP contribution in [0.2, 0.25) is 0 Å². The van der Waals surface area contributed by atoms with Crippen molar-refractivity contribution < 1.29 is 40.2 Å². The molecule has 1 fully saturated rings. The first-order valence-corrected chi connectivity index (χ1v) is 10.5. The molecule has 0 N–H and O–H groups in total. The predicted octanol–water partition coefficient (Wildman–Crippen LogP) is 5.71. The van der Waals surface area contributed by atoms with Gasteiger partial charge >= 0.3 is 12.8 Å². The first kappa shape index (κ1) is 23.8. The smallest absolute Gasteiger partial charge is 0.426 e. The van der Waals surface area contributed by atoms with Crippen molar-refractivity contribution in [3.8, 4) is 23.0 Å². The van der Waals surface area contributed by atoms with Crippen molar-refractivity contribution in [3.05, 3.63) is 72.1 Å². The fourth-order valence-electron chi connectivity index (χ4n) is 4.13. The van der Waals surface area contributed by atoms with Gasteiger partial charge in [0.25, 0.3) is 0 Å². The summed E-state index contributed by atoms with van der Waals surface area (Å²) in [6.07, 6.45) is -4.93. The number of rotatable bonds is 7. The monoisotopic (exact) mass is 512 g/mol. The molecule has 1 aliphatic carbocycles. The number of hydrogen-bond acceptors (Lipinski definition) is 5. The maximum Gasteiger partial charge on any atom is 0.426 e. The topological polar surface area (TPSA) is 61.5 Å². The molecule has 2 aromatic heterocycles. The van der Waals surface area contributed by atoms with E-state index in [-0.39, 0.29) is 41.5 Å². The van der Waals surface area contributed by atoms with Gasteiger partial charge in [0, 0.05) is 11.0 Å². The lowest BCUT2D eigenvalue weighted by molar-refractivity contribution is -0.206. The zero-order valence-electron chi connectivity index (χ0n) is 18.0. The van der Waals surface area contributed by atoms with Crippen LogP contribution in [-0.4, -0.2) is 38.5 Å². The maximum absolute atomic E-state index is 14.3. The number of benzene rings is 2. The van der Waals surface area contributed by atoms with Gasteiger partial charge in [0.15, 0.2) is 23.1 Å². The molecule has 2 heterocycles. The Morgan fingerprint density at radius 3 is 2.22 bits per heavy atom. The molecule has 0 aliphatic heterocycles. The molecule has 5 rings (SSSR count). The van der Waals surface area contributed by atoms with E-state index in [0.717, 1.165) is 24.4 Å². The fourth-order valence-corrected chi connectivity index (χ4v) is 4.13. The molecule has 1 atom stereocenters. The van der Waals surface area contributed by atoms with Gasteiger partial charge in [-0.25, -0.2) is 13.2 Å². The van der Waals surface area contributed by atoms with Crippen LogP contribution >= 0.6 is 0 Å². The second kappa shape index (κ2) is 8.64. The Bertz CT molecular complexity index is 1400. The van der Waals surface area contributed by atoms with Crippen molar-refractivity contribution in [1.29, 1.82) is 0 Å². The lowest BCUT2D eigenvalue weighted by Gasteiger charge is -2.30. The number of hydrogen-bond donors (Lipinski definition) is 0. The molecule has 2 aromatic carbocycles. The molecule has 13 heteroatoms. The standard InChI is InChI=1S/C23H15F7N4O2/c24-15-6-3-13(9-16(15)25)22(7-8-22)20(23(28,29)30)36-18-11-31-10-17-32-33-19(34(17)18)12-1-4-14(5-2-12)35-21(26)27/h1-6,9-11,20-21H,7-8H2. The quantitative estimate of drug-likeness (QED) is 0.297. The SMILES string of the molecule is Fc1ccc(C2(C(Oc3cncc4nnc(-c5ccc(OC(F)F)cc5)n34)C(F)(F)F)CC2)cc1F. The Kier molecular flexibility index (Phi) is 5.72. The highest BCUT2D eigenvalue weighted by Crippen LogP contribution is 2.56. The number of aromatic nitrogens is 4.